The monoisotopic (exact) mass is 386 g/mol. The maximum Gasteiger partial charge on any atom is 0.262 e. The summed E-state index contributed by atoms with van der Waals surface area (Å²) in [4.78, 5) is 25.7. The average molecular weight is 386 g/mol. The molecule has 2 aliphatic heterocycles. The third kappa shape index (κ3) is 3.40. The van der Waals surface area contributed by atoms with Crippen LogP contribution in [0.3, 0.4) is 0 Å². The van der Waals surface area contributed by atoms with Crippen LogP contribution in [-0.2, 0) is 25.8 Å². The van der Waals surface area contributed by atoms with E-state index < -0.39 is 9.84 Å². The number of carbonyl (C=O) groups excluding carboxylic acids is 2. The van der Waals surface area contributed by atoms with Gasteiger partial charge in [-0.3, -0.25) is 9.59 Å². The van der Waals surface area contributed by atoms with E-state index in [1.807, 2.05) is 24.3 Å². The normalized spacial score (nSPS) is 15.6. The number of benzene rings is 2. The number of amides is 2. The van der Waals surface area contributed by atoms with Gasteiger partial charge in [0.2, 0.25) is 5.91 Å². The molecule has 140 valence electrons. The van der Waals surface area contributed by atoms with Crippen LogP contribution in [0.1, 0.15) is 12.0 Å². The minimum Gasteiger partial charge on any atom is -0.482 e. The lowest BCUT2D eigenvalue weighted by Gasteiger charge is -2.19. The second kappa shape index (κ2) is 6.70. The molecule has 2 aromatic rings. The quantitative estimate of drug-likeness (QED) is 0.865. The van der Waals surface area contributed by atoms with Gasteiger partial charge in [-0.1, -0.05) is 18.2 Å². The van der Waals surface area contributed by atoms with E-state index in [0.29, 0.717) is 18.0 Å². The molecule has 2 aromatic carbocycles. The fourth-order valence-electron chi connectivity index (χ4n) is 3.33. The molecular weight excluding hydrogens is 368 g/mol. The number of anilines is 2. The molecule has 2 aliphatic rings. The first-order valence-electron chi connectivity index (χ1n) is 8.62. The Morgan fingerprint density at radius 1 is 1.19 bits per heavy atom. The molecule has 0 fully saturated rings. The van der Waals surface area contributed by atoms with Crippen LogP contribution in [0.4, 0.5) is 11.4 Å². The second-order valence-corrected chi connectivity index (χ2v) is 8.60. The van der Waals surface area contributed by atoms with Crippen molar-refractivity contribution in [2.75, 3.05) is 29.1 Å². The molecule has 7 nitrogen and oxygen atoms in total. The van der Waals surface area contributed by atoms with Gasteiger partial charge in [-0.25, -0.2) is 8.42 Å². The molecule has 2 amide bonds. The summed E-state index contributed by atoms with van der Waals surface area (Å²) in [5.74, 6) is -0.408. The third-order valence-corrected chi connectivity index (χ3v) is 6.43. The molecule has 0 atom stereocenters. The highest BCUT2D eigenvalue weighted by Crippen LogP contribution is 2.31. The Balaban J connectivity index is 1.47. The molecule has 0 bridgehead atoms. The average Bonchev–Trinajstić information content (AvgIpc) is 3.10. The smallest absolute Gasteiger partial charge is 0.262 e. The van der Waals surface area contributed by atoms with E-state index in [-0.39, 0.29) is 35.5 Å². The van der Waals surface area contributed by atoms with Crippen molar-refractivity contribution in [3.8, 4) is 5.75 Å². The van der Waals surface area contributed by atoms with Crippen molar-refractivity contribution in [3.63, 3.8) is 0 Å². The number of para-hydroxylation sites is 1. The van der Waals surface area contributed by atoms with Crippen molar-refractivity contribution in [2.45, 2.75) is 17.7 Å². The Kier molecular flexibility index (Phi) is 4.35. The SMILES string of the molecule is O=C1COc2ccc(S(=O)(=O)CCC(=O)N3CCc4ccccc43)cc2N1. The van der Waals surface area contributed by atoms with E-state index in [2.05, 4.69) is 5.32 Å². The largest absolute Gasteiger partial charge is 0.482 e. The summed E-state index contributed by atoms with van der Waals surface area (Å²) in [6.07, 6.45) is 0.676. The maximum atomic E-state index is 12.6. The van der Waals surface area contributed by atoms with Crippen LogP contribution in [0.5, 0.6) is 5.75 Å². The molecule has 0 radical (unpaired) electrons. The summed E-state index contributed by atoms with van der Waals surface area (Å²) in [5.41, 5.74) is 2.28. The van der Waals surface area contributed by atoms with Crippen LogP contribution in [-0.4, -0.2) is 39.1 Å². The molecule has 2 heterocycles. The first-order chi connectivity index (χ1) is 12.9. The van der Waals surface area contributed by atoms with Gasteiger partial charge in [0.15, 0.2) is 16.4 Å². The molecule has 1 N–H and O–H groups in total. The zero-order valence-corrected chi connectivity index (χ0v) is 15.3. The first kappa shape index (κ1) is 17.5. The van der Waals surface area contributed by atoms with Crippen LogP contribution in [0.15, 0.2) is 47.4 Å². The van der Waals surface area contributed by atoms with Crippen LogP contribution in [0, 0.1) is 0 Å². The summed E-state index contributed by atoms with van der Waals surface area (Å²) in [6.45, 7) is 0.478. The van der Waals surface area contributed by atoms with Crippen molar-refractivity contribution in [1.29, 1.82) is 0 Å². The van der Waals surface area contributed by atoms with Gasteiger partial charge < -0.3 is 15.0 Å². The van der Waals surface area contributed by atoms with Gasteiger partial charge in [-0.2, -0.15) is 0 Å². The number of ether oxygens (including phenoxy) is 1. The molecule has 0 spiro atoms. The number of carbonyl (C=O) groups is 2. The lowest BCUT2D eigenvalue weighted by molar-refractivity contribution is -0.119. The fraction of sp³-hybridized carbons (Fsp3) is 0.263. The number of nitrogens with zero attached hydrogens (tertiary/aromatic N) is 1. The highest BCUT2D eigenvalue weighted by atomic mass is 32.2. The first-order valence-corrected chi connectivity index (χ1v) is 10.3. The van der Waals surface area contributed by atoms with Gasteiger partial charge in [-0.15, -0.1) is 0 Å². The van der Waals surface area contributed by atoms with E-state index >= 15 is 0 Å². The van der Waals surface area contributed by atoms with Crippen molar-refractivity contribution in [1.82, 2.24) is 0 Å². The Morgan fingerprint density at radius 2 is 2.00 bits per heavy atom. The Morgan fingerprint density at radius 3 is 2.85 bits per heavy atom. The molecule has 27 heavy (non-hydrogen) atoms. The molecule has 4 rings (SSSR count). The lowest BCUT2D eigenvalue weighted by atomic mass is 10.2. The van der Waals surface area contributed by atoms with Crippen molar-refractivity contribution in [2.24, 2.45) is 0 Å². The van der Waals surface area contributed by atoms with Gasteiger partial charge in [0.1, 0.15) is 5.75 Å². The predicted octanol–water partition coefficient (Wildman–Crippen LogP) is 1.77. The van der Waals surface area contributed by atoms with Gasteiger partial charge >= 0.3 is 0 Å². The number of nitrogens with one attached hydrogen (secondary N) is 1. The van der Waals surface area contributed by atoms with E-state index in [1.165, 1.54) is 18.2 Å². The molecule has 0 aliphatic carbocycles. The Bertz CT molecular complexity index is 1030. The standard InChI is InChI=1S/C19H18N2O5S/c22-18-12-26-17-6-5-14(11-15(17)20-18)27(24,25)10-8-19(23)21-9-7-13-3-1-2-4-16(13)21/h1-6,11H,7-10,12H2,(H,20,22). The van der Waals surface area contributed by atoms with Gasteiger partial charge in [0, 0.05) is 18.7 Å². The molecular formula is C19H18N2O5S. The van der Waals surface area contributed by atoms with Crippen molar-refractivity contribution < 1.29 is 22.7 Å². The maximum absolute atomic E-state index is 12.6. The van der Waals surface area contributed by atoms with E-state index in [0.717, 1.165) is 17.7 Å². The minimum absolute atomic E-state index is 0.0571. The highest BCUT2D eigenvalue weighted by molar-refractivity contribution is 7.91. The third-order valence-electron chi connectivity index (χ3n) is 4.72. The fourth-order valence-corrected chi connectivity index (χ4v) is 4.58. The zero-order chi connectivity index (χ0) is 19.0. The van der Waals surface area contributed by atoms with Crippen molar-refractivity contribution >= 4 is 33.0 Å². The predicted molar refractivity (Wildman–Crippen MR) is 99.7 cm³/mol. The van der Waals surface area contributed by atoms with Crippen LogP contribution < -0.4 is 15.0 Å². The number of fused-ring (bicyclic) bond motifs is 2. The Hall–Kier alpha value is -2.87. The molecule has 0 saturated carbocycles. The summed E-state index contributed by atoms with van der Waals surface area (Å²) >= 11 is 0. The highest BCUT2D eigenvalue weighted by Gasteiger charge is 2.26. The lowest BCUT2D eigenvalue weighted by Crippen LogP contribution is -2.30. The zero-order valence-electron chi connectivity index (χ0n) is 14.5. The molecule has 0 saturated heterocycles. The summed E-state index contributed by atoms with van der Waals surface area (Å²) in [6, 6.07) is 12.0. The van der Waals surface area contributed by atoms with E-state index in [4.69, 9.17) is 4.74 Å². The van der Waals surface area contributed by atoms with E-state index in [1.54, 1.807) is 4.90 Å². The number of hydrogen-bond acceptors (Lipinski definition) is 5. The van der Waals surface area contributed by atoms with Gasteiger partial charge in [0.05, 0.1) is 16.3 Å². The van der Waals surface area contributed by atoms with Crippen LogP contribution in [0.2, 0.25) is 0 Å². The summed E-state index contributed by atoms with van der Waals surface area (Å²) < 4.78 is 30.5. The topological polar surface area (TPSA) is 92.8 Å². The number of hydrogen-bond donors (Lipinski definition) is 1. The summed E-state index contributed by atoms with van der Waals surface area (Å²) in [7, 11) is -3.67. The molecule has 0 aromatic heterocycles. The van der Waals surface area contributed by atoms with Crippen LogP contribution >= 0.6 is 0 Å². The van der Waals surface area contributed by atoms with Gasteiger partial charge in [0.25, 0.3) is 5.91 Å². The summed E-state index contributed by atoms with van der Waals surface area (Å²) in [5, 5.41) is 2.59. The van der Waals surface area contributed by atoms with Gasteiger partial charge in [-0.05, 0) is 36.2 Å². The number of rotatable bonds is 4. The van der Waals surface area contributed by atoms with Crippen molar-refractivity contribution in [3.05, 3.63) is 48.0 Å². The Labute approximate surface area is 156 Å². The second-order valence-electron chi connectivity index (χ2n) is 6.49. The molecule has 8 heteroatoms. The van der Waals surface area contributed by atoms with E-state index in [9.17, 15) is 18.0 Å². The number of sulfone groups is 1. The minimum atomic E-state index is -3.67. The molecule has 0 unspecified atom stereocenters. The van der Waals surface area contributed by atoms with Crippen LogP contribution in [0.25, 0.3) is 0 Å².